The summed E-state index contributed by atoms with van der Waals surface area (Å²) in [7, 11) is 0. The van der Waals surface area contributed by atoms with Gasteiger partial charge in [-0.1, -0.05) is 151 Å². The summed E-state index contributed by atoms with van der Waals surface area (Å²) in [6.45, 7) is 0. The Kier molecular flexibility index (Phi) is 3.54. The van der Waals surface area contributed by atoms with E-state index in [2.05, 4.69) is 0 Å². The first-order valence-corrected chi connectivity index (χ1v) is 15.5. The van der Waals surface area contributed by atoms with E-state index in [1.165, 1.54) is 0 Å². The molecular weight excluding hydrogens is 593 g/mol. The van der Waals surface area contributed by atoms with E-state index in [1.807, 2.05) is 0 Å². The average molecular weight is 640 g/mol. The zero-order valence-electron chi connectivity index (χ0n) is 42.4. The highest BCUT2D eigenvalue weighted by Gasteiger charge is 2.19. The highest BCUT2D eigenvalue weighted by atomic mass is 16.3. The average Bonchev–Trinajstić information content (AvgIpc) is 3.74. The number of fused-ring (bicyclic) bond motifs is 6. The van der Waals surface area contributed by atoms with Gasteiger partial charge in [0.05, 0.1) is 23.3 Å². The first kappa shape index (κ1) is 15.6. The Labute approximate surface area is 308 Å². The monoisotopic (exact) mass is 639 g/mol. The third-order valence-corrected chi connectivity index (χ3v) is 8.69. The molecule has 228 valence electrons. The van der Waals surface area contributed by atoms with E-state index in [0.29, 0.717) is 27.1 Å². The van der Waals surface area contributed by atoms with Crippen LogP contribution in [0.15, 0.2) is 186 Å². The van der Waals surface area contributed by atoms with E-state index < -0.39 is 84.6 Å². The molecule has 1 heteroatoms. The highest BCUT2D eigenvalue weighted by molar-refractivity contribution is 6.22. The molecule has 1 aromatic heterocycles. The smallest absolute Gasteiger partial charge is 0.136 e. The van der Waals surface area contributed by atoms with Gasteiger partial charge in [-0.15, -0.1) is 0 Å². The third kappa shape index (κ3) is 4.47. The maximum Gasteiger partial charge on any atom is 0.136 e. The molecule has 0 aliphatic rings. The van der Waals surface area contributed by atoms with Crippen LogP contribution >= 0.6 is 0 Å². The second-order valence-corrected chi connectivity index (χ2v) is 11.5. The zero-order chi connectivity index (χ0) is 47.1. The molecule has 0 amide bonds. The van der Waals surface area contributed by atoms with Crippen molar-refractivity contribution in [1.82, 2.24) is 0 Å². The highest BCUT2D eigenvalue weighted by Crippen LogP contribution is 2.46. The van der Waals surface area contributed by atoms with E-state index in [4.69, 9.17) is 18.1 Å². The summed E-state index contributed by atoms with van der Waals surface area (Å²) in [6.07, 6.45) is 0. The number of benzene rings is 9. The van der Waals surface area contributed by atoms with Crippen LogP contribution in [0.5, 0.6) is 0 Å². The predicted octanol–water partition coefficient (Wildman–Crippen LogP) is 13.7. The molecule has 10 aromatic rings. The summed E-state index contributed by atoms with van der Waals surface area (Å²) in [5, 5.41) is 0.735. The van der Waals surface area contributed by atoms with Gasteiger partial charge in [-0.2, -0.15) is 0 Å². The van der Waals surface area contributed by atoms with E-state index in [0.717, 1.165) is 0 Å². The molecule has 0 fully saturated rings. The fraction of sp³-hybridized carbons (Fsp3) is 0. The number of hydrogen-bond acceptors (Lipinski definition) is 1. The molecule has 0 bridgehead atoms. The second kappa shape index (κ2) is 11.1. The van der Waals surface area contributed by atoms with Crippen molar-refractivity contribution in [3.05, 3.63) is 182 Å². The first-order valence-electron chi connectivity index (χ1n) is 24.0. The largest absolute Gasteiger partial charge is 0.456 e. The van der Waals surface area contributed by atoms with Gasteiger partial charge in [-0.05, 0) is 107 Å². The number of rotatable bonds is 4. The van der Waals surface area contributed by atoms with Gasteiger partial charge in [0.2, 0.25) is 0 Å². The molecular formula is C48H30O. The van der Waals surface area contributed by atoms with Gasteiger partial charge in [0, 0.05) is 10.8 Å². The number of hydrogen-bond donors (Lipinski definition) is 0. The lowest BCUT2D eigenvalue weighted by Gasteiger charge is -2.19. The zero-order valence-corrected chi connectivity index (χ0v) is 25.4. The van der Waals surface area contributed by atoms with Crippen LogP contribution in [0.4, 0.5) is 0 Å². The van der Waals surface area contributed by atoms with Crippen molar-refractivity contribution in [2.45, 2.75) is 0 Å². The van der Waals surface area contributed by atoms with Crippen molar-refractivity contribution in [2.75, 3.05) is 0 Å². The molecule has 9 aromatic carbocycles. The lowest BCUT2D eigenvalue weighted by atomic mass is 9.84. The fourth-order valence-electron chi connectivity index (χ4n) is 6.57. The van der Waals surface area contributed by atoms with Crippen LogP contribution in [0.3, 0.4) is 0 Å². The lowest BCUT2D eigenvalue weighted by Crippen LogP contribution is -1.92. The molecule has 0 aliphatic carbocycles. The van der Waals surface area contributed by atoms with Crippen LogP contribution in [0, 0.1) is 0 Å². The molecule has 0 radical (unpaired) electrons. The molecule has 0 saturated carbocycles. The summed E-state index contributed by atoms with van der Waals surface area (Å²) < 4.78 is 159. The van der Waals surface area contributed by atoms with Gasteiger partial charge in [0.15, 0.2) is 0 Å². The molecule has 1 nitrogen and oxygen atoms in total. The maximum absolute atomic E-state index is 9.98. The maximum atomic E-state index is 9.98. The minimum atomic E-state index is -0.643. The molecule has 0 atom stereocenters. The van der Waals surface area contributed by atoms with E-state index >= 15 is 0 Å². The van der Waals surface area contributed by atoms with Gasteiger partial charge in [-0.3, -0.25) is 0 Å². The van der Waals surface area contributed by atoms with Gasteiger partial charge in [0.25, 0.3) is 0 Å². The standard InChI is InChI=1S/C48H30O/c1-3-13-31(14-4-1)37-25-23-35(28-42(37)32-15-5-2-6-16-32)47-38-19-9-11-21-40(38)48(41-22-12-10-20-39(41)47)36-24-26-45-43(29-36)44-27-33-17-7-8-18-34(33)30-46(44)49-45/h1-30H/i2D,5D,6D,7D,8D,15D,16D,17D,18D,23D,24D,25D,26D,27D,28D,29D,30D. The summed E-state index contributed by atoms with van der Waals surface area (Å²) in [5.74, 6) is 0. The molecule has 0 aliphatic heterocycles. The van der Waals surface area contributed by atoms with E-state index in [1.54, 1.807) is 78.9 Å². The second-order valence-electron chi connectivity index (χ2n) is 11.5. The van der Waals surface area contributed by atoms with Gasteiger partial charge in [0.1, 0.15) is 11.2 Å². The molecule has 1 heterocycles. The topological polar surface area (TPSA) is 13.1 Å². The van der Waals surface area contributed by atoms with Crippen molar-refractivity contribution in [3.8, 4) is 44.5 Å². The Morgan fingerprint density at radius 1 is 0.347 bits per heavy atom. The van der Waals surface area contributed by atoms with Crippen molar-refractivity contribution in [1.29, 1.82) is 0 Å². The summed E-state index contributed by atoms with van der Waals surface area (Å²) in [6, 6.07) is 13.2. The van der Waals surface area contributed by atoms with Crippen molar-refractivity contribution < 1.29 is 27.7 Å². The summed E-state index contributed by atoms with van der Waals surface area (Å²) in [5.41, 5.74) is -0.268. The fourth-order valence-corrected chi connectivity index (χ4v) is 6.57. The summed E-state index contributed by atoms with van der Waals surface area (Å²) >= 11 is 0. The van der Waals surface area contributed by atoms with Crippen LogP contribution < -0.4 is 0 Å². The molecule has 10 rings (SSSR count). The minimum Gasteiger partial charge on any atom is -0.456 e. The quantitative estimate of drug-likeness (QED) is 0.175. The SMILES string of the molecule is [2H]c1c([2H])c([2H])c(-c2c([2H])c(-c3c4ccccc4c(-c4c([2H])c([2H])c5oc6c([2H])c7c([2H])c([2H])c([2H])c([2H])c7c([2H])c6c5c4[2H])c4ccccc34)c([2H])c([2H])c2-c2ccccc2)c([2H])c1[2H]. The Bertz CT molecular complexity index is 3760. The molecule has 0 spiro atoms. The number of furan rings is 1. The van der Waals surface area contributed by atoms with Crippen LogP contribution in [0.1, 0.15) is 23.3 Å². The normalized spacial score (nSPS) is 16.5. The molecule has 0 unspecified atom stereocenters. The molecule has 49 heavy (non-hydrogen) atoms. The molecule has 0 N–H and O–H groups in total. The van der Waals surface area contributed by atoms with Crippen LogP contribution in [0.2, 0.25) is 0 Å². The van der Waals surface area contributed by atoms with Crippen molar-refractivity contribution in [3.63, 3.8) is 0 Å². The van der Waals surface area contributed by atoms with Gasteiger partial charge in [-0.25, -0.2) is 0 Å². The Balaban J connectivity index is 1.37. The van der Waals surface area contributed by atoms with E-state index in [9.17, 15) is 9.60 Å². The van der Waals surface area contributed by atoms with Crippen LogP contribution in [-0.4, -0.2) is 0 Å². The van der Waals surface area contributed by atoms with E-state index in [-0.39, 0.29) is 89.8 Å². The Morgan fingerprint density at radius 3 is 1.57 bits per heavy atom. The van der Waals surface area contributed by atoms with Crippen LogP contribution in [0.25, 0.3) is 98.8 Å². The minimum absolute atomic E-state index is 0.0207. The third-order valence-electron chi connectivity index (χ3n) is 8.69. The van der Waals surface area contributed by atoms with Crippen LogP contribution in [-0.2, 0) is 0 Å². The summed E-state index contributed by atoms with van der Waals surface area (Å²) in [4.78, 5) is 0. The lowest BCUT2D eigenvalue weighted by molar-refractivity contribution is 0.669. The molecule has 0 saturated heterocycles. The first-order chi connectivity index (χ1) is 31.4. The van der Waals surface area contributed by atoms with Gasteiger partial charge >= 0.3 is 0 Å². The Hall–Kier alpha value is -6.44. The predicted molar refractivity (Wildman–Crippen MR) is 208 cm³/mol. The van der Waals surface area contributed by atoms with Gasteiger partial charge < -0.3 is 4.42 Å². The van der Waals surface area contributed by atoms with Crippen molar-refractivity contribution >= 4 is 54.3 Å². The van der Waals surface area contributed by atoms with Crippen molar-refractivity contribution in [2.24, 2.45) is 0 Å². The Morgan fingerprint density at radius 2 is 0.898 bits per heavy atom.